The molecule has 0 bridgehead atoms. The number of hydrogen-bond acceptors (Lipinski definition) is 3. The van der Waals surface area contributed by atoms with Crippen LogP contribution in [0.1, 0.15) is 51.0 Å². The van der Waals surface area contributed by atoms with E-state index in [4.69, 9.17) is 4.74 Å². The average molecular weight is 360 g/mol. The smallest absolute Gasteiger partial charge is 0.223 e. The van der Waals surface area contributed by atoms with E-state index in [1.807, 2.05) is 24.3 Å². The van der Waals surface area contributed by atoms with Gasteiger partial charge in [0.05, 0.1) is 7.11 Å². The van der Waals surface area contributed by atoms with Crippen LogP contribution in [0.5, 0.6) is 5.75 Å². The molecule has 26 heavy (non-hydrogen) atoms. The predicted octanol–water partition coefficient (Wildman–Crippen LogP) is 3.08. The molecular formula is C21H32N2O3. The van der Waals surface area contributed by atoms with Crippen molar-refractivity contribution in [3.63, 3.8) is 0 Å². The van der Waals surface area contributed by atoms with Crippen LogP contribution in [0.3, 0.4) is 0 Å². The van der Waals surface area contributed by atoms with Gasteiger partial charge in [0.15, 0.2) is 0 Å². The van der Waals surface area contributed by atoms with Crippen molar-refractivity contribution in [1.29, 1.82) is 0 Å². The number of ether oxygens (including phenoxy) is 1. The first kappa shape index (κ1) is 20.3. The zero-order valence-electron chi connectivity index (χ0n) is 16.1. The highest BCUT2D eigenvalue weighted by molar-refractivity contribution is 5.81. The molecule has 0 atom stereocenters. The minimum atomic E-state index is 0.0468. The molecular weight excluding hydrogens is 328 g/mol. The minimum Gasteiger partial charge on any atom is -0.497 e. The largest absolute Gasteiger partial charge is 0.497 e. The van der Waals surface area contributed by atoms with Gasteiger partial charge in [0.25, 0.3) is 0 Å². The Morgan fingerprint density at radius 2 is 1.50 bits per heavy atom. The molecule has 1 aliphatic rings. The highest BCUT2D eigenvalue weighted by atomic mass is 16.5. The molecule has 144 valence electrons. The molecule has 0 saturated heterocycles. The Hall–Kier alpha value is -2.04. The first-order chi connectivity index (χ1) is 12.6. The quantitative estimate of drug-likeness (QED) is 0.665. The minimum absolute atomic E-state index is 0.0468. The van der Waals surface area contributed by atoms with E-state index in [0.717, 1.165) is 57.2 Å². The van der Waals surface area contributed by atoms with Crippen LogP contribution in [0.4, 0.5) is 0 Å². The van der Waals surface area contributed by atoms with Gasteiger partial charge in [-0.05, 0) is 56.2 Å². The van der Waals surface area contributed by atoms with Gasteiger partial charge in [-0.15, -0.1) is 0 Å². The summed E-state index contributed by atoms with van der Waals surface area (Å²) in [7, 11) is 1.65. The summed E-state index contributed by atoms with van der Waals surface area (Å²) in [5.74, 6) is 1.26. The van der Waals surface area contributed by atoms with Crippen LogP contribution in [0.2, 0.25) is 0 Å². The summed E-state index contributed by atoms with van der Waals surface area (Å²) >= 11 is 0. The zero-order valence-corrected chi connectivity index (χ0v) is 16.1. The molecule has 0 spiro atoms. The molecule has 0 aliphatic heterocycles. The Kier molecular flexibility index (Phi) is 8.45. The maximum Gasteiger partial charge on any atom is 0.223 e. The van der Waals surface area contributed by atoms with Crippen LogP contribution in [0, 0.1) is 11.8 Å². The summed E-state index contributed by atoms with van der Waals surface area (Å²) in [6, 6.07) is 7.91. The van der Waals surface area contributed by atoms with E-state index in [-0.39, 0.29) is 23.7 Å². The number of nitrogens with one attached hydrogen (secondary N) is 2. The monoisotopic (exact) mass is 360 g/mol. The van der Waals surface area contributed by atoms with E-state index in [1.165, 1.54) is 5.56 Å². The molecule has 5 heteroatoms. The van der Waals surface area contributed by atoms with Gasteiger partial charge in [0.2, 0.25) is 11.8 Å². The van der Waals surface area contributed by atoms with Crippen LogP contribution < -0.4 is 15.4 Å². The third-order valence-electron chi connectivity index (χ3n) is 5.17. The second-order valence-electron chi connectivity index (χ2n) is 7.08. The van der Waals surface area contributed by atoms with E-state index < -0.39 is 0 Å². The molecule has 0 unspecified atom stereocenters. The lowest BCUT2D eigenvalue weighted by Crippen LogP contribution is -2.38. The number of amides is 2. The maximum absolute atomic E-state index is 12.3. The summed E-state index contributed by atoms with van der Waals surface area (Å²) < 4.78 is 5.15. The van der Waals surface area contributed by atoms with Gasteiger partial charge in [-0.3, -0.25) is 9.59 Å². The van der Waals surface area contributed by atoms with Crippen molar-refractivity contribution >= 4 is 11.8 Å². The Morgan fingerprint density at radius 3 is 2.00 bits per heavy atom. The summed E-state index contributed by atoms with van der Waals surface area (Å²) in [6.45, 7) is 3.52. The van der Waals surface area contributed by atoms with Crippen molar-refractivity contribution in [1.82, 2.24) is 10.6 Å². The summed E-state index contributed by atoms with van der Waals surface area (Å²) in [6.07, 6.45) is 6.16. The van der Waals surface area contributed by atoms with E-state index in [1.54, 1.807) is 7.11 Å². The van der Waals surface area contributed by atoms with E-state index in [9.17, 15) is 9.59 Å². The standard InChI is InChI=1S/C21H32N2O3/c1-3-4-14-22-20(24)17-7-9-18(10-8-17)21(25)23-15-13-16-5-11-19(26-2)12-6-16/h5-6,11-12,17-18H,3-4,7-10,13-15H2,1-2H3,(H,22,24)(H,23,25). The summed E-state index contributed by atoms with van der Waals surface area (Å²) in [5.41, 5.74) is 1.18. The normalized spacial score (nSPS) is 19.6. The molecule has 0 heterocycles. The van der Waals surface area contributed by atoms with E-state index in [0.29, 0.717) is 6.54 Å². The van der Waals surface area contributed by atoms with Gasteiger partial charge in [-0.2, -0.15) is 0 Å². The lowest BCUT2D eigenvalue weighted by molar-refractivity contribution is -0.130. The first-order valence-corrected chi connectivity index (χ1v) is 9.82. The van der Waals surface area contributed by atoms with Gasteiger partial charge in [-0.1, -0.05) is 25.5 Å². The van der Waals surface area contributed by atoms with Gasteiger partial charge in [0, 0.05) is 24.9 Å². The van der Waals surface area contributed by atoms with Gasteiger partial charge >= 0.3 is 0 Å². The zero-order chi connectivity index (χ0) is 18.8. The van der Waals surface area contributed by atoms with Gasteiger partial charge < -0.3 is 15.4 Å². The molecule has 1 aromatic rings. The SMILES string of the molecule is CCCCNC(=O)C1CCC(C(=O)NCCc2ccc(OC)cc2)CC1. The predicted molar refractivity (Wildman–Crippen MR) is 103 cm³/mol. The van der Waals surface area contributed by atoms with Crippen LogP contribution in [0.25, 0.3) is 0 Å². The van der Waals surface area contributed by atoms with Crippen molar-refractivity contribution < 1.29 is 14.3 Å². The fourth-order valence-electron chi connectivity index (χ4n) is 3.42. The number of benzene rings is 1. The number of carbonyl (C=O) groups is 2. The molecule has 1 aliphatic carbocycles. The third kappa shape index (κ3) is 6.36. The second kappa shape index (κ2) is 10.8. The number of rotatable bonds is 9. The Morgan fingerprint density at radius 1 is 0.962 bits per heavy atom. The van der Waals surface area contributed by atoms with Crippen molar-refractivity contribution in [3.8, 4) is 5.75 Å². The topological polar surface area (TPSA) is 67.4 Å². The molecule has 0 radical (unpaired) electrons. The third-order valence-corrected chi connectivity index (χ3v) is 5.17. The Bertz CT molecular complexity index is 563. The molecule has 1 aromatic carbocycles. The van der Waals surface area contributed by atoms with Crippen LogP contribution >= 0.6 is 0 Å². The highest BCUT2D eigenvalue weighted by Crippen LogP contribution is 2.29. The van der Waals surface area contributed by atoms with Crippen molar-refractivity contribution in [3.05, 3.63) is 29.8 Å². The Labute approximate surface area is 156 Å². The Balaban J connectivity index is 1.65. The second-order valence-corrected chi connectivity index (χ2v) is 7.08. The lowest BCUT2D eigenvalue weighted by Gasteiger charge is -2.27. The first-order valence-electron chi connectivity index (χ1n) is 9.82. The van der Waals surface area contributed by atoms with Crippen molar-refractivity contribution in [2.75, 3.05) is 20.2 Å². The average Bonchev–Trinajstić information content (AvgIpc) is 2.68. The highest BCUT2D eigenvalue weighted by Gasteiger charge is 2.29. The molecule has 2 rings (SSSR count). The number of carbonyl (C=O) groups excluding carboxylic acids is 2. The number of unbranched alkanes of at least 4 members (excludes halogenated alkanes) is 1. The maximum atomic E-state index is 12.3. The molecule has 5 nitrogen and oxygen atoms in total. The van der Waals surface area contributed by atoms with Gasteiger partial charge in [0.1, 0.15) is 5.75 Å². The molecule has 2 N–H and O–H groups in total. The van der Waals surface area contributed by atoms with Crippen molar-refractivity contribution in [2.45, 2.75) is 51.9 Å². The van der Waals surface area contributed by atoms with Crippen molar-refractivity contribution in [2.24, 2.45) is 11.8 Å². The van der Waals surface area contributed by atoms with E-state index in [2.05, 4.69) is 17.6 Å². The fraction of sp³-hybridized carbons (Fsp3) is 0.619. The molecule has 0 aromatic heterocycles. The van der Waals surface area contributed by atoms with Crippen LogP contribution in [0.15, 0.2) is 24.3 Å². The molecule has 1 saturated carbocycles. The van der Waals surface area contributed by atoms with Crippen LogP contribution in [-0.2, 0) is 16.0 Å². The fourth-order valence-corrected chi connectivity index (χ4v) is 3.42. The lowest BCUT2D eigenvalue weighted by atomic mass is 9.81. The summed E-state index contributed by atoms with van der Waals surface area (Å²) in [4.78, 5) is 24.4. The summed E-state index contributed by atoms with van der Waals surface area (Å²) in [5, 5.41) is 6.05. The number of methoxy groups -OCH3 is 1. The molecule has 2 amide bonds. The van der Waals surface area contributed by atoms with Gasteiger partial charge in [-0.25, -0.2) is 0 Å². The van der Waals surface area contributed by atoms with Crippen LogP contribution in [-0.4, -0.2) is 32.0 Å². The van der Waals surface area contributed by atoms with E-state index >= 15 is 0 Å². The number of hydrogen-bond donors (Lipinski definition) is 2. The molecule has 1 fully saturated rings.